The molecule has 0 heterocycles. The lowest BCUT2D eigenvalue weighted by molar-refractivity contribution is 0.473. The summed E-state index contributed by atoms with van der Waals surface area (Å²) in [4.78, 5) is 0. The fourth-order valence-corrected chi connectivity index (χ4v) is 1.43. The van der Waals surface area contributed by atoms with Crippen molar-refractivity contribution in [3.63, 3.8) is 0 Å². The number of phenolic OH excluding ortho intramolecular Hbond substituents is 1. The van der Waals surface area contributed by atoms with Gasteiger partial charge in [-0.2, -0.15) is 0 Å². The molecule has 0 bridgehead atoms. The normalized spacial score (nSPS) is 10.4. The number of hydrogen-bond donors (Lipinski definition) is 1. The smallest absolute Gasteiger partial charge is 0.166 e. The van der Waals surface area contributed by atoms with Gasteiger partial charge in [0.1, 0.15) is 11.6 Å². The Hall–Kier alpha value is -1.97. The minimum atomic E-state index is -1.13. The van der Waals surface area contributed by atoms with Crippen LogP contribution in [0, 0.1) is 17.5 Å². The maximum Gasteiger partial charge on any atom is 0.166 e. The molecular weight excluding hydrogens is 217 g/mol. The van der Waals surface area contributed by atoms with Crippen molar-refractivity contribution in [3.05, 3.63) is 53.8 Å². The third-order valence-electron chi connectivity index (χ3n) is 2.19. The molecule has 0 saturated heterocycles. The molecule has 4 heteroatoms. The first-order valence-electron chi connectivity index (χ1n) is 4.52. The van der Waals surface area contributed by atoms with Gasteiger partial charge in [-0.05, 0) is 24.3 Å². The lowest BCUT2D eigenvalue weighted by Gasteiger charge is -2.05. The Morgan fingerprint density at radius 2 is 1.56 bits per heavy atom. The average Bonchev–Trinajstić information content (AvgIpc) is 2.26. The van der Waals surface area contributed by atoms with Gasteiger partial charge in [-0.1, -0.05) is 12.1 Å². The molecule has 2 rings (SSSR count). The van der Waals surface area contributed by atoms with Crippen molar-refractivity contribution < 1.29 is 18.3 Å². The van der Waals surface area contributed by atoms with Crippen LogP contribution in [0.15, 0.2) is 36.4 Å². The van der Waals surface area contributed by atoms with Crippen LogP contribution in [0.2, 0.25) is 0 Å². The van der Waals surface area contributed by atoms with Gasteiger partial charge in [0.25, 0.3) is 0 Å². The largest absolute Gasteiger partial charge is 0.508 e. The summed E-state index contributed by atoms with van der Waals surface area (Å²) in [5.41, 5.74) is -0.384. The minimum Gasteiger partial charge on any atom is -0.508 e. The molecule has 0 unspecified atom stereocenters. The van der Waals surface area contributed by atoms with Crippen LogP contribution < -0.4 is 0 Å². The highest BCUT2D eigenvalue weighted by molar-refractivity contribution is 5.66. The van der Waals surface area contributed by atoms with Crippen molar-refractivity contribution >= 4 is 0 Å². The highest BCUT2D eigenvalue weighted by Crippen LogP contribution is 2.29. The first kappa shape index (κ1) is 10.5. The Kier molecular flexibility index (Phi) is 2.56. The van der Waals surface area contributed by atoms with Gasteiger partial charge in [0.2, 0.25) is 0 Å². The van der Waals surface area contributed by atoms with E-state index in [0.29, 0.717) is 0 Å². The fraction of sp³-hybridized carbons (Fsp3) is 0. The van der Waals surface area contributed by atoms with Gasteiger partial charge in [0.05, 0.1) is 0 Å². The summed E-state index contributed by atoms with van der Waals surface area (Å²) in [6.07, 6.45) is 0. The molecule has 0 radical (unpaired) electrons. The zero-order valence-corrected chi connectivity index (χ0v) is 8.05. The number of hydrogen-bond acceptors (Lipinski definition) is 1. The summed E-state index contributed by atoms with van der Waals surface area (Å²) >= 11 is 0. The standard InChI is InChI=1S/C12H7F3O/c13-10-5-4-7(16)6-9(10)8-2-1-3-11(14)12(8)15/h1-6,16H. The molecule has 0 fully saturated rings. The predicted octanol–water partition coefficient (Wildman–Crippen LogP) is 3.48. The molecule has 0 amide bonds. The molecule has 0 saturated carbocycles. The van der Waals surface area contributed by atoms with E-state index in [9.17, 15) is 18.3 Å². The Morgan fingerprint density at radius 3 is 2.31 bits per heavy atom. The molecule has 2 aromatic carbocycles. The van der Waals surface area contributed by atoms with Crippen molar-refractivity contribution in [3.8, 4) is 16.9 Å². The van der Waals surface area contributed by atoms with E-state index in [4.69, 9.17) is 0 Å². The Bertz CT molecular complexity index is 538. The van der Waals surface area contributed by atoms with Gasteiger partial charge in [-0.15, -0.1) is 0 Å². The average molecular weight is 224 g/mol. The molecule has 0 atom stereocenters. The maximum absolute atomic E-state index is 13.4. The van der Waals surface area contributed by atoms with Crippen LogP contribution in [0.5, 0.6) is 5.75 Å². The van der Waals surface area contributed by atoms with Crippen molar-refractivity contribution in [1.82, 2.24) is 0 Å². The number of benzene rings is 2. The first-order valence-corrected chi connectivity index (χ1v) is 4.52. The molecule has 82 valence electrons. The van der Waals surface area contributed by atoms with E-state index in [1.54, 1.807) is 0 Å². The van der Waals surface area contributed by atoms with Crippen molar-refractivity contribution in [2.45, 2.75) is 0 Å². The van der Waals surface area contributed by atoms with Gasteiger partial charge < -0.3 is 5.11 Å². The van der Waals surface area contributed by atoms with E-state index in [1.807, 2.05) is 0 Å². The van der Waals surface area contributed by atoms with E-state index in [-0.39, 0.29) is 16.9 Å². The SMILES string of the molecule is Oc1ccc(F)c(-c2cccc(F)c2F)c1. The second-order valence-electron chi connectivity index (χ2n) is 3.27. The molecule has 2 aromatic rings. The molecule has 1 N–H and O–H groups in total. The topological polar surface area (TPSA) is 20.2 Å². The number of halogens is 3. The van der Waals surface area contributed by atoms with Gasteiger partial charge in [0, 0.05) is 11.1 Å². The van der Waals surface area contributed by atoms with Gasteiger partial charge >= 0.3 is 0 Å². The van der Waals surface area contributed by atoms with E-state index in [2.05, 4.69) is 0 Å². The highest BCUT2D eigenvalue weighted by Gasteiger charge is 2.13. The Balaban J connectivity index is 2.67. The van der Waals surface area contributed by atoms with Crippen molar-refractivity contribution in [2.24, 2.45) is 0 Å². The summed E-state index contributed by atoms with van der Waals surface area (Å²) in [6, 6.07) is 6.64. The van der Waals surface area contributed by atoms with Gasteiger partial charge in [-0.25, -0.2) is 13.2 Å². The van der Waals surface area contributed by atoms with Crippen LogP contribution in [0.4, 0.5) is 13.2 Å². The van der Waals surface area contributed by atoms with Crippen LogP contribution in [0.3, 0.4) is 0 Å². The maximum atomic E-state index is 13.4. The van der Waals surface area contributed by atoms with Crippen molar-refractivity contribution in [2.75, 3.05) is 0 Å². The fourth-order valence-electron chi connectivity index (χ4n) is 1.43. The van der Waals surface area contributed by atoms with Crippen molar-refractivity contribution in [1.29, 1.82) is 0 Å². The summed E-state index contributed by atoms with van der Waals surface area (Å²) in [5.74, 6) is -3.12. The van der Waals surface area contributed by atoms with E-state index < -0.39 is 17.5 Å². The summed E-state index contributed by atoms with van der Waals surface area (Å²) in [5, 5.41) is 9.18. The third-order valence-corrected chi connectivity index (χ3v) is 2.19. The number of rotatable bonds is 1. The number of phenols is 1. The monoisotopic (exact) mass is 224 g/mol. The molecule has 0 aliphatic rings. The van der Waals surface area contributed by atoms with Crippen LogP contribution in [0.25, 0.3) is 11.1 Å². The third kappa shape index (κ3) is 1.74. The molecule has 0 aliphatic carbocycles. The predicted molar refractivity (Wildman–Crippen MR) is 53.4 cm³/mol. The lowest BCUT2D eigenvalue weighted by Crippen LogP contribution is -1.91. The van der Waals surface area contributed by atoms with Gasteiger partial charge in [-0.3, -0.25) is 0 Å². The molecular formula is C12H7F3O. The minimum absolute atomic E-state index is 0.169. The molecule has 0 aliphatic heterocycles. The second-order valence-corrected chi connectivity index (χ2v) is 3.27. The Labute approximate surface area is 89.8 Å². The summed E-state index contributed by atoms with van der Waals surface area (Å²) in [7, 11) is 0. The summed E-state index contributed by atoms with van der Waals surface area (Å²) < 4.78 is 39.7. The molecule has 1 nitrogen and oxygen atoms in total. The zero-order chi connectivity index (χ0) is 11.7. The molecule has 16 heavy (non-hydrogen) atoms. The van der Waals surface area contributed by atoms with E-state index >= 15 is 0 Å². The summed E-state index contributed by atoms with van der Waals surface area (Å²) in [6.45, 7) is 0. The highest BCUT2D eigenvalue weighted by atomic mass is 19.2. The lowest BCUT2D eigenvalue weighted by atomic mass is 10.0. The quantitative estimate of drug-likeness (QED) is 0.786. The molecule has 0 spiro atoms. The first-order chi connectivity index (χ1) is 7.59. The van der Waals surface area contributed by atoms with E-state index in [0.717, 1.165) is 24.3 Å². The van der Waals surface area contributed by atoms with Crippen LogP contribution >= 0.6 is 0 Å². The van der Waals surface area contributed by atoms with Crippen LogP contribution in [-0.2, 0) is 0 Å². The van der Waals surface area contributed by atoms with E-state index in [1.165, 1.54) is 12.1 Å². The zero-order valence-electron chi connectivity index (χ0n) is 8.05. The van der Waals surface area contributed by atoms with Gasteiger partial charge in [0.15, 0.2) is 11.6 Å². The second kappa shape index (κ2) is 3.89. The number of aromatic hydroxyl groups is 1. The Morgan fingerprint density at radius 1 is 0.812 bits per heavy atom. The molecule has 0 aromatic heterocycles. The van der Waals surface area contributed by atoms with Crippen LogP contribution in [-0.4, -0.2) is 5.11 Å². The van der Waals surface area contributed by atoms with Crippen LogP contribution in [0.1, 0.15) is 0 Å².